The molecular formula is C11H16N2O3S. The molecule has 1 amide bonds. The summed E-state index contributed by atoms with van der Waals surface area (Å²) in [5.41, 5.74) is 0.404. The Bertz CT molecular complexity index is 390. The van der Waals surface area contributed by atoms with Crippen molar-refractivity contribution in [2.45, 2.75) is 13.8 Å². The topological polar surface area (TPSA) is 67.4 Å². The third-order valence-electron chi connectivity index (χ3n) is 1.95. The first-order chi connectivity index (χ1) is 8.19. The third-order valence-corrected chi connectivity index (χ3v) is 2.78. The molecule has 6 heteroatoms. The summed E-state index contributed by atoms with van der Waals surface area (Å²) in [6.45, 7) is 4.94. The number of nitrogens with one attached hydrogen (secondary N) is 2. The van der Waals surface area contributed by atoms with Crippen LogP contribution in [0.25, 0.3) is 0 Å². The van der Waals surface area contributed by atoms with Crippen molar-refractivity contribution in [3.05, 3.63) is 17.0 Å². The van der Waals surface area contributed by atoms with E-state index in [0.717, 1.165) is 6.54 Å². The van der Waals surface area contributed by atoms with Gasteiger partial charge in [-0.2, -0.15) is 0 Å². The van der Waals surface area contributed by atoms with E-state index in [4.69, 9.17) is 4.74 Å². The lowest BCUT2D eigenvalue weighted by atomic mass is 10.3. The van der Waals surface area contributed by atoms with Gasteiger partial charge in [-0.1, -0.05) is 6.92 Å². The molecule has 1 aromatic heterocycles. The number of esters is 1. The van der Waals surface area contributed by atoms with E-state index in [9.17, 15) is 9.59 Å². The first-order valence-corrected chi connectivity index (χ1v) is 6.32. The summed E-state index contributed by atoms with van der Waals surface area (Å²) in [5, 5.41) is 7.87. The van der Waals surface area contributed by atoms with E-state index in [0.29, 0.717) is 17.2 Å². The van der Waals surface area contributed by atoms with Crippen LogP contribution in [0, 0.1) is 0 Å². The van der Waals surface area contributed by atoms with Gasteiger partial charge in [0.2, 0.25) is 5.91 Å². The van der Waals surface area contributed by atoms with Gasteiger partial charge in [0.1, 0.15) is 5.00 Å². The van der Waals surface area contributed by atoms with E-state index < -0.39 is 5.97 Å². The summed E-state index contributed by atoms with van der Waals surface area (Å²) in [6.07, 6.45) is 0. The molecule has 0 radical (unpaired) electrons. The monoisotopic (exact) mass is 256 g/mol. The highest BCUT2D eigenvalue weighted by molar-refractivity contribution is 7.14. The summed E-state index contributed by atoms with van der Waals surface area (Å²) >= 11 is 1.30. The van der Waals surface area contributed by atoms with E-state index in [1.54, 1.807) is 18.4 Å². The summed E-state index contributed by atoms with van der Waals surface area (Å²) in [5.74, 6) is -0.577. The van der Waals surface area contributed by atoms with Gasteiger partial charge in [-0.25, -0.2) is 4.79 Å². The number of hydrogen-bond donors (Lipinski definition) is 2. The van der Waals surface area contributed by atoms with Crippen molar-refractivity contribution >= 4 is 28.2 Å². The molecule has 1 rings (SSSR count). The second kappa shape index (κ2) is 7.03. The first-order valence-electron chi connectivity index (χ1n) is 5.44. The molecule has 0 fully saturated rings. The Morgan fingerprint density at radius 2 is 2.18 bits per heavy atom. The van der Waals surface area contributed by atoms with Crippen LogP contribution < -0.4 is 10.6 Å². The van der Waals surface area contributed by atoms with Crippen molar-refractivity contribution in [2.24, 2.45) is 0 Å². The van der Waals surface area contributed by atoms with Gasteiger partial charge in [-0.05, 0) is 24.9 Å². The molecule has 0 spiro atoms. The fraction of sp³-hybridized carbons (Fsp3) is 0.455. The molecule has 17 heavy (non-hydrogen) atoms. The fourth-order valence-corrected chi connectivity index (χ4v) is 1.98. The average Bonchev–Trinajstić information content (AvgIpc) is 2.75. The summed E-state index contributed by atoms with van der Waals surface area (Å²) in [4.78, 5) is 23.0. The van der Waals surface area contributed by atoms with Crippen molar-refractivity contribution < 1.29 is 14.3 Å². The SMILES string of the molecule is CCNCC(=O)Nc1sccc1C(=O)OCC. The molecule has 0 aliphatic rings. The minimum Gasteiger partial charge on any atom is -0.462 e. The number of carbonyl (C=O) groups excluding carboxylic acids is 2. The second-order valence-corrected chi connectivity index (χ2v) is 4.13. The molecule has 0 aliphatic heterocycles. The minimum absolute atomic E-state index is 0.167. The minimum atomic E-state index is -0.410. The van der Waals surface area contributed by atoms with Gasteiger partial charge in [0, 0.05) is 0 Å². The molecule has 0 unspecified atom stereocenters. The Morgan fingerprint density at radius 1 is 1.41 bits per heavy atom. The van der Waals surface area contributed by atoms with E-state index in [1.165, 1.54) is 11.3 Å². The van der Waals surface area contributed by atoms with Gasteiger partial charge in [0.15, 0.2) is 0 Å². The molecule has 2 N–H and O–H groups in total. The highest BCUT2D eigenvalue weighted by Crippen LogP contribution is 2.23. The molecule has 5 nitrogen and oxygen atoms in total. The van der Waals surface area contributed by atoms with Crippen molar-refractivity contribution in [2.75, 3.05) is 25.0 Å². The predicted molar refractivity (Wildman–Crippen MR) is 67.4 cm³/mol. The largest absolute Gasteiger partial charge is 0.462 e. The number of hydrogen-bond acceptors (Lipinski definition) is 5. The number of carbonyl (C=O) groups is 2. The maximum absolute atomic E-state index is 11.5. The molecule has 0 saturated carbocycles. The Balaban J connectivity index is 2.62. The lowest BCUT2D eigenvalue weighted by Gasteiger charge is -2.06. The van der Waals surface area contributed by atoms with Gasteiger partial charge >= 0.3 is 5.97 Å². The molecule has 1 heterocycles. The van der Waals surface area contributed by atoms with Crippen LogP contribution in [0.15, 0.2) is 11.4 Å². The maximum atomic E-state index is 11.5. The number of anilines is 1. The molecule has 94 valence electrons. The van der Waals surface area contributed by atoms with E-state index in [-0.39, 0.29) is 12.5 Å². The maximum Gasteiger partial charge on any atom is 0.341 e. The average molecular weight is 256 g/mol. The Kier molecular flexibility index (Phi) is 5.65. The Labute approximate surface area is 104 Å². The van der Waals surface area contributed by atoms with Crippen LogP contribution in [0.2, 0.25) is 0 Å². The van der Waals surface area contributed by atoms with Crippen molar-refractivity contribution in [1.29, 1.82) is 0 Å². The number of likely N-dealkylation sites (N-methyl/N-ethyl adjacent to an activating group) is 1. The molecule has 0 aliphatic carbocycles. The van der Waals surface area contributed by atoms with E-state index in [1.807, 2.05) is 6.92 Å². The van der Waals surface area contributed by atoms with Crippen LogP contribution >= 0.6 is 11.3 Å². The molecular weight excluding hydrogens is 240 g/mol. The van der Waals surface area contributed by atoms with Crippen LogP contribution in [-0.4, -0.2) is 31.6 Å². The molecule has 0 atom stereocenters. The zero-order valence-corrected chi connectivity index (χ0v) is 10.7. The van der Waals surface area contributed by atoms with Crippen LogP contribution in [0.5, 0.6) is 0 Å². The summed E-state index contributed by atoms with van der Waals surface area (Å²) in [7, 11) is 0. The predicted octanol–water partition coefficient (Wildman–Crippen LogP) is 1.47. The molecule has 0 bridgehead atoms. The van der Waals surface area contributed by atoms with Gasteiger partial charge in [-0.15, -0.1) is 11.3 Å². The summed E-state index contributed by atoms with van der Waals surface area (Å²) < 4.78 is 4.89. The standard InChI is InChI=1S/C11H16N2O3S/c1-3-12-7-9(14)13-10-8(5-6-17-10)11(15)16-4-2/h5-6,12H,3-4,7H2,1-2H3,(H,13,14). The quantitative estimate of drug-likeness (QED) is 0.756. The Hall–Kier alpha value is -1.40. The van der Waals surface area contributed by atoms with Crippen LogP contribution in [-0.2, 0) is 9.53 Å². The molecule has 1 aromatic rings. The van der Waals surface area contributed by atoms with E-state index >= 15 is 0 Å². The van der Waals surface area contributed by atoms with E-state index in [2.05, 4.69) is 10.6 Å². The van der Waals surface area contributed by atoms with Crippen LogP contribution in [0.1, 0.15) is 24.2 Å². The lowest BCUT2D eigenvalue weighted by Crippen LogP contribution is -2.28. The van der Waals surface area contributed by atoms with Gasteiger partial charge in [-0.3, -0.25) is 4.79 Å². The highest BCUT2D eigenvalue weighted by atomic mass is 32.1. The number of rotatable bonds is 6. The van der Waals surface area contributed by atoms with Crippen LogP contribution in [0.4, 0.5) is 5.00 Å². The smallest absolute Gasteiger partial charge is 0.341 e. The van der Waals surface area contributed by atoms with Gasteiger partial charge in [0.25, 0.3) is 0 Å². The lowest BCUT2D eigenvalue weighted by molar-refractivity contribution is -0.115. The van der Waals surface area contributed by atoms with Crippen molar-refractivity contribution in [3.8, 4) is 0 Å². The number of thiophene rings is 1. The van der Waals surface area contributed by atoms with Crippen molar-refractivity contribution in [1.82, 2.24) is 5.32 Å². The third kappa shape index (κ3) is 4.16. The molecule has 0 saturated heterocycles. The zero-order chi connectivity index (χ0) is 12.7. The number of amides is 1. The Morgan fingerprint density at radius 3 is 2.82 bits per heavy atom. The van der Waals surface area contributed by atoms with Gasteiger partial charge in [0.05, 0.1) is 18.7 Å². The van der Waals surface area contributed by atoms with Crippen molar-refractivity contribution in [3.63, 3.8) is 0 Å². The summed E-state index contributed by atoms with van der Waals surface area (Å²) in [6, 6.07) is 1.64. The zero-order valence-electron chi connectivity index (χ0n) is 9.91. The van der Waals surface area contributed by atoms with Crippen LogP contribution in [0.3, 0.4) is 0 Å². The molecule has 0 aromatic carbocycles. The number of ether oxygens (including phenoxy) is 1. The highest BCUT2D eigenvalue weighted by Gasteiger charge is 2.15. The first kappa shape index (κ1) is 13.7. The fourth-order valence-electron chi connectivity index (χ4n) is 1.19. The second-order valence-electron chi connectivity index (χ2n) is 3.21. The normalized spacial score (nSPS) is 10.0. The van der Waals surface area contributed by atoms with Gasteiger partial charge < -0.3 is 15.4 Å².